The average Bonchev–Trinajstić information content (AvgIpc) is 3.50. The van der Waals surface area contributed by atoms with Crippen LogP contribution in [0, 0.1) is 0 Å². The largest absolute Gasteiger partial charge is 0.497 e. The summed E-state index contributed by atoms with van der Waals surface area (Å²) in [6, 6.07) is 20.8. The standard InChI is InChI=1S/C24H24N4O3/c1-18(19-6-5-7-20(16-19)27-13-3-4-14-27)25-24(29)23-12-15-28(26-23)17-31-22-10-8-21(30-2)9-11-22/h3-16,18H,17H2,1-2H3,(H,25,29). The molecule has 0 fully saturated rings. The molecule has 0 bridgehead atoms. The maximum atomic E-state index is 12.7. The van der Waals surface area contributed by atoms with Crippen molar-refractivity contribution < 1.29 is 14.3 Å². The Morgan fingerprint density at radius 2 is 1.74 bits per heavy atom. The maximum absolute atomic E-state index is 12.7. The number of amides is 1. The number of benzene rings is 2. The summed E-state index contributed by atoms with van der Waals surface area (Å²) in [5.41, 5.74) is 2.40. The Labute approximate surface area is 180 Å². The van der Waals surface area contributed by atoms with Crippen molar-refractivity contribution in [2.24, 2.45) is 0 Å². The number of aromatic nitrogens is 3. The summed E-state index contributed by atoms with van der Waals surface area (Å²) < 4.78 is 14.4. The Balaban J connectivity index is 1.35. The van der Waals surface area contributed by atoms with Crippen molar-refractivity contribution in [2.45, 2.75) is 19.7 Å². The van der Waals surface area contributed by atoms with Crippen molar-refractivity contribution in [1.82, 2.24) is 19.7 Å². The van der Waals surface area contributed by atoms with Crippen LogP contribution >= 0.6 is 0 Å². The molecule has 158 valence electrons. The van der Waals surface area contributed by atoms with E-state index in [-0.39, 0.29) is 18.7 Å². The topological polar surface area (TPSA) is 70.3 Å². The summed E-state index contributed by atoms with van der Waals surface area (Å²) >= 11 is 0. The molecule has 1 atom stereocenters. The fourth-order valence-electron chi connectivity index (χ4n) is 3.18. The Bertz CT molecular complexity index is 1130. The van der Waals surface area contributed by atoms with E-state index in [2.05, 4.69) is 16.5 Å². The summed E-state index contributed by atoms with van der Waals surface area (Å²) in [5, 5.41) is 7.32. The molecule has 1 unspecified atom stereocenters. The molecular weight excluding hydrogens is 392 g/mol. The monoisotopic (exact) mass is 416 g/mol. The molecule has 0 radical (unpaired) electrons. The van der Waals surface area contributed by atoms with E-state index >= 15 is 0 Å². The van der Waals surface area contributed by atoms with Crippen LogP contribution in [0.2, 0.25) is 0 Å². The van der Waals surface area contributed by atoms with Gasteiger partial charge >= 0.3 is 0 Å². The predicted molar refractivity (Wildman–Crippen MR) is 117 cm³/mol. The summed E-state index contributed by atoms with van der Waals surface area (Å²) in [7, 11) is 1.62. The van der Waals surface area contributed by atoms with Crippen LogP contribution < -0.4 is 14.8 Å². The van der Waals surface area contributed by atoms with Crippen LogP contribution in [0.25, 0.3) is 5.69 Å². The second kappa shape index (κ2) is 9.21. The zero-order valence-corrected chi connectivity index (χ0v) is 17.4. The quantitative estimate of drug-likeness (QED) is 0.467. The van der Waals surface area contributed by atoms with Crippen LogP contribution in [0.1, 0.15) is 29.0 Å². The van der Waals surface area contributed by atoms with Gasteiger partial charge in [-0.05, 0) is 67.1 Å². The zero-order chi connectivity index (χ0) is 21.6. The summed E-state index contributed by atoms with van der Waals surface area (Å²) in [4.78, 5) is 12.7. The highest BCUT2D eigenvalue weighted by atomic mass is 16.5. The van der Waals surface area contributed by atoms with Crippen molar-refractivity contribution in [1.29, 1.82) is 0 Å². The van der Waals surface area contributed by atoms with Gasteiger partial charge in [-0.15, -0.1) is 0 Å². The molecule has 31 heavy (non-hydrogen) atoms. The van der Waals surface area contributed by atoms with Gasteiger partial charge in [-0.25, -0.2) is 4.68 Å². The van der Waals surface area contributed by atoms with Gasteiger partial charge in [0.25, 0.3) is 5.91 Å². The normalized spacial score (nSPS) is 11.7. The molecule has 7 heteroatoms. The van der Waals surface area contributed by atoms with E-state index in [4.69, 9.17) is 9.47 Å². The van der Waals surface area contributed by atoms with E-state index in [0.717, 1.165) is 17.0 Å². The molecule has 0 spiro atoms. The molecule has 2 heterocycles. The lowest BCUT2D eigenvalue weighted by molar-refractivity contribution is 0.0932. The molecule has 0 aliphatic carbocycles. The molecule has 4 rings (SSSR count). The molecule has 0 aliphatic heterocycles. The van der Waals surface area contributed by atoms with E-state index in [1.165, 1.54) is 0 Å². The molecule has 2 aromatic carbocycles. The van der Waals surface area contributed by atoms with Gasteiger partial charge in [-0.2, -0.15) is 5.10 Å². The lowest BCUT2D eigenvalue weighted by atomic mass is 10.1. The van der Waals surface area contributed by atoms with Crippen molar-refractivity contribution in [2.75, 3.05) is 7.11 Å². The minimum atomic E-state index is -0.234. The highest BCUT2D eigenvalue weighted by molar-refractivity contribution is 5.92. The number of nitrogens with zero attached hydrogens (tertiary/aromatic N) is 3. The van der Waals surface area contributed by atoms with Crippen LogP contribution in [0.3, 0.4) is 0 Å². The number of hydrogen-bond donors (Lipinski definition) is 1. The number of hydrogen-bond acceptors (Lipinski definition) is 4. The Morgan fingerprint density at radius 1 is 1.00 bits per heavy atom. The first-order chi connectivity index (χ1) is 15.1. The number of carbonyl (C=O) groups excluding carboxylic acids is 1. The van der Waals surface area contributed by atoms with E-state index in [1.807, 2.05) is 78.5 Å². The third-order valence-corrected chi connectivity index (χ3v) is 4.92. The predicted octanol–water partition coefficient (Wildman–Crippen LogP) is 4.21. The first-order valence-corrected chi connectivity index (χ1v) is 9.97. The minimum absolute atomic E-state index is 0.163. The molecule has 0 saturated carbocycles. The van der Waals surface area contributed by atoms with Crippen molar-refractivity contribution in [3.8, 4) is 17.2 Å². The second-order valence-corrected chi connectivity index (χ2v) is 7.07. The molecule has 1 amide bonds. The van der Waals surface area contributed by atoms with Gasteiger partial charge in [-0.1, -0.05) is 12.1 Å². The number of methoxy groups -OCH3 is 1. The summed E-state index contributed by atoms with van der Waals surface area (Å²) in [6.45, 7) is 2.16. The number of rotatable bonds is 8. The van der Waals surface area contributed by atoms with Crippen LogP contribution in [-0.2, 0) is 6.73 Å². The van der Waals surface area contributed by atoms with Gasteiger partial charge < -0.3 is 19.4 Å². The second-order valence-electron chi connectivity index (χ2n) is 7.07. The minimum Gasteiger partial charge on any atom is -0.497 e. The van der Waals surface area contributed by atoms with Crippen LogP contribution in [0.4, 0.5) is 0 Å². The average molecular weight is 416 g/mol. The third kappa shape index (κ3) is 4.95. The molecule has 2 aromatic heterocycles. The summed E-state index contributed by atoms with van der Waals surface area (Å²) in [5.74, 6) is 1.22. The summed E-state index contributed by atoms with van der Waals surface area (Å²) in [6.07, 6.45) is 5.70. The van der Waals surface area contributed by atoms with Gasteiger partial charge in [0.15, 0.2) is 6.73 Å². The lowest BCUT2D eigenvalue weighted by Gasteiger charge is -2.15. The fraction of sp³-hybridized carbons (Fsp3) is 0.167. The van der Waals surface area contributed by atoms with Crippen molar-refractivity contribution in [3.05, 3.63) is 96.6 Å². The number of nitrogens with one attached hydrogen (secondary N) is 1. The highest BCUT2D eigenvalue weighted by Crippen LogP contribution is 2.19. The smallest absolute Gasteiger partial charge is 0.272 e. The van der Waals surface area contributed by atoms with Gasteiger partial charge in [0.1, 0.15) is 17.2 Å². The van der Waals surface area contributed by atoms with Crippen LogP contribution in [0.5, 0.6) is 11.5 Å². The Hall–Kier alpha value is -4.00. The maximum Gasteiger partial charge on any atom is 0.272 e. The van der Waals surface area contributed by atoms with Gasteiger partial charge in [0, 0.05) is 24.3 Å². The first-order valence-electron chi connectivity index (χ1n) is 9.97. The molecule has 1 N–H and O–H groups in total. The molecule has 0 saturated heterocycles. The molecule has 4 aromatic rings. The van der Waals surface area contributed by atoms with Gasteiger partial charge in [0.2, 0.25) is 0 Å². The molecular formula is C24H24N4O3. The Morgan fingerprint density at radius 3 is 2.48 bits per heavy atom. The van der Waals surface area contributed by atoms with E-state index in [1.54, 1.807) is 24.1 Å². The SMILES string of the molecule is COc1ccc(OCn2ccc(C(=O)NC(C)c3cccc(-n4cccc4)c3)n2)cc1. The third-order valence-electron chi connectivity index (χ3n) is 4.92. The lowest BCUT2D eigenvalue weighted by Crippen LogP contribution is -2.27. The van der Waals surface area contributed by atoms with Crippen LogP contribution in [0.15, 0.2) is 85.3 Å². The van der Waals surface area contributed by atoms with Crippen molar-refractivity contribution >= 4 is 5.91 Å². The van der Waals surface area contributed by atoms with Crippen LogP contribution in [-0.4, -0.2) is 27.4 Å². The number of ether oxygens (including phenoxy) is 2. The zero-order valence-electron chi connectivity index (χ0n) is 17.4. The first kappa shape index (κ1) is 20.3. The van der Waals surface area contributed by atoms with E-state index < -0.39 is 0 Å². The van der Waals surface area contributed by atoms with E-state index in [9.17, 15) is 4.79 Å². The Kier molecular flexibility index (Phi) is 6.03. The molecule has 7 nitrogen and oxygen atoms in total. The van der Waals surface area contributed by atoms with Gasteiger partial charge in [0.05, 0.1) is 13.2 Å². The molecule has 0 aliphatic rings. The number of carbonyl (C=O) groups is 1. The fourth-order valence-corrected chi connectivity index (χ4v) is 3.18. The van der Waals surface area contributed by atoms with Crippen molar-refractivity contribution in [3.63, 3.8) is 0 Å². The van der Waals surface area contributed by atoms with E-state index in [0.29, 0.717) is 11.4 Å². The van der Waals surface area contributed by atoms with Gasteiger partial charge in [-0.3, -0.25) is 4.79 Å². The highest BCUT2D eigenvalue weighted by Gasteiger charge is 2.14.